The van der Waals surface area contributed by atoms with Crippen molar-refractivity contribution in [2.75, 3.05) is 6.54 Å². The van der Waals surface area contributed by atoms with Gasteiger partial charge in [0.2, 0.25) is 5.89 Å². The zero-order chi connectivity index (χ0) is 16.0. The van der Waals surface area contributed by atoms with E-state index in [9.17, 15) is 14.0 Å². The number of halogens is 1. The van der Waals surface area contributed by atoms with E-state index in [-0.39, 0.29) is 42.8 Å². The average molecular weight is 315 g/mol. The van der Waals surface area contributed by atoms with Crippen LogP contribution in [0.25, 0.3) is 11.3 Å². The molecule has 2 aliphatic rings. The minimum atomic E-state index is -0.332. The first kappa shape index (κ1) is 13.9. The van der Waals surface area contributed by atoms with Gasteiger partial charge >= 0.3 is 6.03 Å². The summed E-state index contributed by atoms with van der Waals surface area (Å²) in [5.41, 5.74) is 0.684. The highest BCUT2D eigenvalue weighted by molar-refractivity contribution is 6.02. The van der Waals surface area contributed by atoms with E-state index in [0.717, 1.165) is 12.8 Å². The van der Waals surface area contributed by atoms with Crippen LogP contribution in [-0.2, 0) is 11.3 Å². The van der Waals surface area contributed by atoms with Gasteiger partial charge in [0.1, 0.15) is 18.9 Å². The van der Waals surface area contributed by atoms with Gasteiger partial charge in [0.25, 0.3) is 5.91 Å². The molecule has 1 aromatic heterocycles. The van der Waals surface area contributed by atoms with E-state index < -0.39 is 0 Å². The number of aromatic nitrogens is 1. The number of imide groups is 1. The normalized spacial score (nSPS) is 18.1. The van der Waals surface area contributed by atoms with Crippen LogP contribution >= 0.6 is 0 Å². The summed E-state index contributed by atoms with van der Waals surface area (Å²) in [5, 5.41) is 0. The van der Waals surface area contributed by atoms with E-state index in [4.69, 9.17) is 4.42 Å². The molecule has 1 saturated heterocycles. The van der Waals surface area contributed by atoms with Gasteiger partial charge in [0, 0.05) is 11.6 Å². The molecule has 2 fully saturated rings. The van der Waals surface area contributed by atoms with Crippen molar-refractivity contribution < 1.29 is 18.4 Å². The van der Waals surface area contributed by atoms with Crippen LogP contribution in [0.2, 0.25) is 0 Å². The summed E-state index contributed by atoms with van der Waals surface area (Å²) < 4.78 is 18.5. The number of carbonyl (C=O) groups is 2. The first-order valence-electron chi connectivity index (χ1n) is 7.43. The molecule has 0 radical (unpaired) electrons. The molecule has 3 amide bonds. The number of urea groups is 1. The number of carbonyl (C=O) groups excluding carboxylic acids is 2. The fraction of sp³-hybridized carbons (Fsp3) is 0.312. The summed E-state index contributed by atoms with van der Waals surface area (Å²) >= 11 is 0. The van der Waals surface area contributed by atoms with E-state index in [1.807, 2.05) is 0 Å². The largest absolute Gasteiger partial charge is 0.439 e. The van der Waals surface area contributed by atoms with Gasteiger partial charge in [-0.2, -0.15) is 0 Å². The summed E-state index contributed by atoms with van der Waals surface area (Å²) in [5.74, 6) is 0.187. The van der Waals surface area contributed by atoms with Crippen LogP contribution in [0.3, 0.4) is 0 Å². The fourth-order valence-electron chi connectivity index (χ4n) is 2.65. The van der Waals surface area contributed by atoms with Gasteiger partial charge in [0.15, 0.2) is 5.76 Å². The lowest BCUT2D eigenvalue weighted by Gasteiger charge is -2.14. The van der Waals surface area contributed by atoms with Crippen molar-refractivity contribution in [3.63, 3.8) is 0 Å². The number of oxazole rings is 1. The molecule has 1 aromatic carbocycles. The zero-order valence-corrected chi connectivity index (χ0v) is 12.2. The van der Waals surface area contributed by atoms with Gasteiger partial charge in [-0.05, 0) is 37.1 Å². The smallest absolute Gasteiger partial charge is 0.327 e. The van der Waals surface area contributed by atoms with Gasteiger partial charge in [0.05, 0.1) is 6.20 Å². The van der Waals surface area contributed by atoms with Crippen molar-refractivity contribution in [2.24, 2.45) is 0 Å². The van der Waals surface area contributed by atoms with Crippen molar-refractivity contribution in [3.05, 3.63) is 42.2 Å². The highest BCUT2D eigenvalue weighted by Gasteiger charge is 2.44. The minimum absolute atomic E-state index is 0.0160. The van der Waals surface area contributed by atoms with E-state index in [2.05, 4.69) is 4.98 Å². The molecule has 1 aliphatic carbocycles. The second-order valence-electron chi connectivity index (χ2n) is 5.75. The Balaban J connectivity index is 1.50. The zero-order valence-electron chi connectivity index (χ0n) is 12.2. The second-order valence-corrected chi connectivity index (χ2v) is 5.75. The van der Waals surface area contributed by atoms with Crippen molar-refractivity contribution in [1.29, 1.82) is 0 Å². The maximum atomic E-state index is 12.9. The van der Waals surface area contributed by atoms with Crippen molar-refractivity contribution >= 4 is 11.9 Å². The van der Waals surface area contributed by atoms with Crippen LogP contribution < -0.4 is 0 Å². The van der Waals surface area contributed by atoms with E-state index in [0.29, 0.717) is 11.3 Å². The van der Waals surface area contributed by atoms with Crippen LogP contribution in [0.15, 0.2) is 34.9 Å². The molecule has 0 bridgehead atoms. The quantitative estimate of drug-likeness (QED) is 0.813. The molecule has 7 heteroatoms. The number of nitrogens with zero attached hydrogens (tertiary/aromatic N) is 3. The number of hydrogen-bond donors (Lipinski definition) is 0. The molecular formula is C16H14FN3O3. The van der Waals surface area contributed by atoms with Crippen LogP contribution in [0.4, 0.5) is 9.18 Å². The Morgan fingerprint density at radius 3 is 2.65 bits per heavy atom. The van der Waals surface area contributed by atoms with Gasteiger partial charge in [-0.25, -0.2) is 14.2 Å². The molecule has 0 atom stereocenters. The SMILES string of the molecule is O=C1CN(C2CC2)C(=O)N1Cc1ncc(-c2ccc(F)cc2)o1. The fourth-order valence-corrected chi connectivity index (χ4v) is 2.65. The molecule has 0 spiro atoms. The lowest BCUT2D eigenvalue weighted by atomic mass is 10.2. The van der Waals surface area contributed by atoms with Crippen LogP contribution in [0.5, 0.6) is 0 Å². The molecule has 0 N–H and O–H groups in total. The minimum Gasteiger partial charge on any atom is -0.439 e. The second kappa shape index (κ2) is 5.19. The summed E-state index contributed by atoms with van der Waals surface area (Å²) in [4.78, 5) is 31.1. The number of rotatable bonds is 4. The third kappa shape index (κ3) is 2.58. The molecule has 2 aromatic rings. The maximum absolute atomic E-state index is 12.9. The summed E-state index contributed by atoms with van der Waals surface area (Å²) in [7, 11) is 0. The van der Waals surface area contributed by atoms with E-state index >= 15 is 0 Å². The topological polar surface area (TPSA) is 66.7 Å². The molecule has 118 valence electrons. The van der Waals surface area contributed by atoms with Crippen LogP contribution in [0, 0.1) is 5.82 Å². The lowest BCUT2D eigenvalue weighted by Crippen LogP contribution is -2.33. The van der Waals surface area contributed by atoms with Crippen molar-refractivity contribution in [2.45, 2.75) is 25.4 Å². The third-order valence-corrected chi connectivity index (χ3v) is 4.05. The van der Waals surface area contributed by atoms with Crippen LogP contribution in [0.1, 0.15) is 18.7 Å². The summed E-state index contributed by atoms with van der Waals surface area (Å²) in [6.07, 6.45) is 3.42. The van der Waals surface area contributed by atoms with E-state index in [1.54, 1.807) is 17.0 Å². The molecule has 23 heavy (non-hydrogen) atoms. The Morgan fingerprint density at radius 2 is 1.96 bits per heavy atom. The Morgan fingerprint density at radius 1 is 1.22 bits per heavy atom. The van der Waals surface area contributed by atoms with Gasteiger partial charge in [-0.15, -0.1) is 0 Å². The summed E-state index contributed by atoms with van der Waals surface area (Å²) in [6.45, 7) is 0.150. The first-order chi connectivity index (χ1) is 11.1. The molecule has 0 unspecified atom stereocenters. The van der Waals surface area contributed by atoms with Gasteiger partial charge < -0.3 is 9.32 Å². The Kier molecular flexibility index (Phi) is 3.14. The molecule has 1 saturated carbocycles. The molecule has 4 rings (SSSR count). The highest BCUT2D eigenvalue weighted by Crippen LogP contribution is 2.31. The maximum Gasteiger partial charge on any atom is 0.327 e. The standard InChI is InChI=1S/C16H14FN3O3/c17-11-3-1-10(2-4-11)13-7-18-14(23-13)8-20-15(21)9-19(16(20)22)12-5-6-12/h1-4,7,12H,5-6,8-9H2. The lowest BCUT2D eigenvalue weighted by molar-refractivity contribution is -0.126. The van der Waals surface area contributed by atoms with Crippen molar-refractivity contribution in [3.8, 4) is 11.3 Å². The predicted molar refractivity (Wildman–Crippen MR) is 77.6 cm³/mol. The molecule has 6 nitrogen and oxygen atoms in total. The van der Waals surface area contributed by atoms with Crippen LogP contribution in [-0.4, -0.2) is 39.3 Å². The Bertz CT molecular complexity index is 767. The molecule has 1 aliphatic heterocycles. The Labute approximate surface area is 131 Å². The average Bonchev–Trinajstić information content (AvgIpc) is 3.22. The first-order valence-corrected chi connectivity index (χ1v) is 7.43. The third-order valence-electron chi connectivity index (χ3n) is 4.05. The molecule has 2 heterocycles. The number of hydrogen-bond acceptors (Lipinski definition) is 4. The van der Waals surface area contributed by atoms with Gasteiger partial charge in [-0.1, -0.05) is 0 Å². The highest BCUT2D eigenvalue weighted by atomic mass is 19.1. The number of benzene rings is 1. The monoisotopic (exact) mass is 315 g/mol. The number of amides is 3. The Hall–Kier alpha value is -2.70. The predicted octanol–water partition coefficient (Wildman–Crippen LogP) is 2.41. The van der Waals surface area contributed by atoms with E-state index in [1.165, 1.54) is 23.2 Å². The van der Waals surface area contributed by atoms with Crippen molar-refractivity contribution in [1.82, 2.24) is 14.8 Å². The summed E-state index contributed by atoms with van der Waals surface area (Å²) in [6, 6.07) is 5.76. The molecular weight excluding hydrogens is 301 g/mol. The van der Waals surface area contributed by atoms with Gasteiger partial charge in [-0.3, -0.25) is 9.69 Å².